The molecular formula is C18H18BrFO. The summed E-state index contributed by atoms with van der Waals surface area (Å²) >= 11 is 3.72. The van der Waals surface area contributed by atoms with Crippen LogP contribution < -0.4 is 4.74 Å². The summed E-state index contributed by atoms with van der Waals surface area (Å²) in [7, 11) is 1.55. The predicted octanol–water partition coefficient (Wildman–Crippen LogP) is 5.08. The van der Waals surface area contributed by atoms with Crippen LogP contribution in [-0.4, -0.2) is 7.11 Å². The minimum absolute atomic E-state index is 0.0387. The molecule has 2 aromatic rings. The molecule has 0 bridgehead atoms. The van der Waals surface area contributed by atoms with E-state index in [1.165, 1.54) is 17.2 Å². The summed E-state index contributed by atoms with van der Waals surface area (Å²) in [6, 6.07) is 13.7. The minimum Gasteiger partial charge on any atom is -0.497 e. The number of aryl methyl sites for hydroxylation is 1. The first kappa shape index (κ1) is 14.6. The highest BCUT2D eigenvalue weighted by atomic mass is 79.9. The normalized spacial score (nSPS) is 18.9. The highest BCUT2D eigenvalue weighted by molar-refractivity contribution is 9.09. The van der Waals surface area contributed by atoms with Gasteiger partial charge in [0.1, 0.15) is 11.6 Å². The van der Waals surface area contributed by atoms with Crippen molar-refractivity contribution in [3.63, 3.8) is 0 Å². The first-order chi connectivity index (χ1) is 10.2. The van der Waals surface area contributed by atoms with Crippen LogP contribution in [-0.2, 0) is 12.8 Å². The highest BCUT2D eigenvalue weighted by Gasteiger charge is 2.27. The lowest BCUT2D eigenvalue weighted by Gasteiger charge is -2.29. The molecule has 0 aromatic heterocycles. The monoisotopic (exact) mass is 348 g/mol. The fraction of sp³-hybridized carbons (Fsp3) is 0.333. The van der Waals surface area contributed by atoms with Gasteiger partial charge in [-0.05, 0) is 42.4 Å². The molecule has 2 unspecified atom stereocenters. The van der Waals surface area contributed by atoms with Gasteiger partial charge >= 0.3 is 0 Å². The standard InChI is InChI=1S/C18H18BrFO/c1-21-15-8-9-16(17(20)11-15)18(19)14-7-6-12-4-2-3-5-13(12)10-14/h2-5,8-9,11,14,18H,6-7,10H2,1H3. The average Bonchev–Trinajstić information content (AvgIpc) is 2.53. The Balaban J connectivity index is 1.82. The van der Waals surface area contributed by atoms with Gasteiger partial charge in [-0.25, -0.2) is 4.39 Å². The largest absolute Gasteiger partial charge is 0.497 e. The Bertz CT molecular complexity index is 641. The van der Waals surface area contributed by atoms with Gasteiger partial charge in [-0.3, -0.25) is 0 Å². The van der Waals surface area contributed by atoms with E-state index in [1.54, 1.807) is 7.11 Å². The molecule has 0 aliphatic heterocycles. The maximum atomic E-state index is 14.2. The van der Waals surface area contributed by atoms with Gasteiger partial charge in [0, 0.05) is 16.5 Å². The third-order valence-corrected chi connectivity index (χ3v) is 5.54. The van der Waals surface area contributed by atoms with Crippen molar-refractivity contribution in [1.82, 2.24) is 0 Å². The van der Waals surface area contributed by atoms with Crippen LogP contribution in [0.5, 0.6) is 5.75 Å². The zero-order valence-electron chi connectivity index (χ0n) is 12.0. The van der Waals surface area contributed by atoms with Crippen LogP contribution in [0.15, 0.2) is 42.5 Å². The van der Waals surface area contributed by atoms with Gasteiger partial charge < -0.3 is 4.74 Å². The van der Waals surface area contributed by atoms with Gasteiger partial charge in [-0.1, -0.05) is 46.3 Å². The fourth-order valence-electron chi connectivity index (χ4n) is 3.09. The maximum Gasteiger partial charge on any atom is 0.131 e. The summed E-state index contributed by atoms with van der Waals surface area (Å²) in [6.45, 7) is 0. The molecule has 3 heteroatoms. The topological polar surface area (TPSA) is 9.23 Å². The second-order valence-corrected chi connectivity index (χ2v) is 6.55. The molecule has 2 aromatic carbocycles. The predicted molar refractivity (Wildman–Crippen MR) is 86.6 cm³/mol. The van der Waals surface area contributed by atoms with Crippen LogP contribution >= 0.6 is 15.9 Å². The lowest BCUT2D eigenvalue weighted by Crippen LogP contribution is -2.18. The summed E-state index contributed by atoms with van der Waals surface area (Å²) in [5, 5.41) is 0. The van der Waals surface area contributed by atoms with E-state index in [-0.39, 0.29) is 10.6 Å². The summed E-state index contributed by atoms with van der Waals surface area (Å²) in [4.78, 5) is 0.0387. The third kappa shape index (κ3) is 2.98. The smallest absolute Gasteiger partial charge is 0.131 e. The van der Waals surface area contributed by atoms with E-state index in [0.29, 0.717) is 11.7 Å². The number of ether oxygens (including phenoxy) is 1. The quantitative estimate of drug-likeness (QED) is 0.703. The Morgan fingerprint density at radius 1 is 1.19 bits per heavy atom. The number of rotatable bonds is 3. The molecule has 1 aliphatic rings. The van der Waals surface area contributed by atoms with Gasteiger partial charge in [0.05, 0.1) is 7.11 Å². The highest BCUT2D eigenvalue weighted by Crippen LogP contribution is 2.40. The summed E-state index contributed by atoms with van der Waals surface area (Å²) in [6.07, 6.45) is 3.15. The average molecular weight is 349 g/mol. The van der Waals surface area contributed by atoms with E-state index in [9.17, 15) is 4.39 Å². The summed E-state index contributed by atoms with van der Waals surface area (Å²) in [5.74, 6) is 0.780. The molecule has 0 spiro atoms. The second-order valence-electron chi connectivity index (χ2n) is 5.56. The van der Waals surface area contributed by atoms with Crippen LogP contribution in [0, 0.1) is 11.7 Å². The molecule has 0 saturated heterocycles. The van der Waals surface area contributed by atoms with Crippen molar-refractivity contribution in [2.75, 3.05) is 7.11 Å². The molecular weight excluding hydrogens is 331 g/mol. The third-order valence-electron chi connectivity index (χ3n) is 4.30. The lowest BCUT2D eigenvalue weighted by molar-refractivity contribution is 0.408. The molecule has 1 aliphatic carbocycles. The lowest BCUT2D eigenvalue weighted by atomic mass is 9.81. The number of benzene rings is 2. The molecule has 110 valence electrons. The van der Waals surface area contributed by atoms with E-state index in [1.807, 2.05) is 12.1 Å². The minimum atomic E-state index is -0.199. The maximum absolute atomic E-state index is 14.2. The van der Waals surface area contributed by atoms with Gasteiger partial charge in [-0.15, -0.1) is 0 Å². The molecule has 0 N–H and O–H groups in total. The Hall–Kier alpha value is -1.35. The van der Waals surface area contributed by atoms with Crippen molar-refractivity contribution >= 4 is 15.9 Å². The number of methoxy groups -OCH3 is 1. The summed E-state index contributed by atoms with van der Waals surface area (Å²) in [5.41, 5.74) is 3.55. The van der Waals surface area contributed by atoms with E-state index in [2.05, 4.69) is 40.2 Å². The molecule has 0 fully saturated rings. The number of hydrogen-bond acceptors (Lipinski definition) is 1. The van der Waals surface area contributed by atoms with Gasteiger partial charge in [0.15, 0.2) is 0 Å². The van der Waals surface area contributed by atoms with Crippen molar-refractivity contribution in [2.24, 2.45) is 5.92 Å². The molecule has 0 saturated carbocycles. The number of hydrogen-bond donors (Lipinski definition) is 0. The van der Waals surface area contributed by atoms with Crippen LogP contribution in [0.1, 0.15) is 27.9 Å². The molecule has 3 rings (SSSR count). The second kappa shape index (κ2) is 6.18. The summed E-state index contributed by atoms with van der Waals surface area (Å²) < 4.78 is 19.3. The van der Waals surface area contributed by atoms with E-state index in [0.717, 1.165) is 24.8 Å². The fourth-order valence-corrected chi connectivity index (χ4v) is 3.91. The Kier molecular flexibility index (Phi) is 4.29. The van der Waals surface area contributed by atoms with Gasteiger partial charge in [0.25, 0.3) is 0 Å². The van der Waals surface area contributed by atoms with Crippen molar-refractivity contribution in [3.8, 4) is 5.75 Å². The Morgan fingerprint density at radius 3 is 2.67 bits per heavy atom. The molecule has 1 nitrogen and oxygen atoms in total. The molecule has 21 heavy (non-hydrogen) atoms. The molecule has 0 radical (unpaired) electrons. The Morgan fingerprint density at radius 2 is 1.95 bits per heavy atom. The zero-order chi connectivity index (χ0) is 14.8. The van der Waals surface area contributed by atoms with E-state index in [4.69, 9.17) is 4.74 Å². The molecule has 0 heterocycles. The van der Waals surface area contributed by atoms with Gasteiger partial charge in [0.2, 0.25) is 0 Å². The molecule has 2 atom stereocenters. The van der Waals surface area contributed by atoms with Crippen LogP contribution in [0.4, 0.5) is 4.39 Å². The van der Waals surface area contributed by atoms with E-state index >= 15 is 0 Å². The number of alkyl halides is 1. The zero-order valence-corrected chi connectivity index (χ0v) is 13.6. The first-order valence-electron chi connectivity index (χ1n) is 7.23. The van der Waals surface area contributed by atoms with Crippen molar-refractivity contribution in [1.29, 1.82) is 0 Å². The number of halogens is 2. The van der Waals surface area contributed by atoms with Crippen LogP contribution in [0.2, 0.25) is 0 Å². The van der Waals surface area contributed by atoms with Crippen LogP contribution in [0.3, 0.4) is 0 Å². The van der Waals surface area contributed by atoms with E-state index < -0.39 is 0 Å². The molecule has 0 amide bonds. The number of fused-ring (bicyclic) bond motifs is 1. The van der Waals surface area contributed by atoms with Crippen molar-refractivity contribution in [2.45, 2.75) is 24.1 Å². The SMILES string of the molecule is COc1ccc(C(Br)C2CCc3ccccc3C2)c(F)c1. The first-order valence-corrected chi connectivity index (χ1v) is 8.15. The van der Waals surface area contributed by atoms with Gasteiger partial charge in [-0.2, -0.15) is 0 Å². The Labute approximate surface area is 133 Å². The van der Waals surface area contributed by atoms with Crippen LogP contribution in [0.25, 0.3) is 0 Å². The van der Waals surface area contributed by atoms with Crippen molar-refractivity contribution in [3.05, 3.63) is 65.0 Å². The van der Waals surface area contributed by atoms with Crippen molar-refractivity contribution < 1.29 is 9.13 Å².